The lowest BCUT2D eigenvalue weighted by Gasteiger charge is -2.19. The van der Waals surface area contributed by atoms with Gasteiger partial charge in [0, 0.05) is 18.2 Å². The maximum absolute atomic E-state index is 13.1. The second-order valence-electron chi connectivity index (χ2n) is 3.85. The Kier molecular flexibility index (Phi) is 2.42. The fourth-order valence-corrected chi connectivity index (χ4v) is 2.07. The zero-order chi connectivity index (χ0) is 10.1. The standard InChI is InChI=1S/C11H14FNO/c1-13-7-8(12)6-10(13)9-4-2-3-5-11(9)14/h2-5,8,10,14H,6-7H2,1H3. The number of rotatable bonds is 1. The van der Waals surface area contributed by atoms with Crippen LogP contribution in [0.4, 0.5) is 4.39 Å². The summed E-state index contributed by atoms with van der Waals surface area (Å²) in [6, 6.07) is 7.17. The Morgan fingerprint density at radius 3 is 2.71 bits per heavy atom. The summed E-state index contributed by atoms with van der Waals surface area (Å²) in [4.78, 5) is 1.94. The number of phenols is 1. The highest BCUT2D eigenvalue weighted by Gasteiger charge is 2.31. The maximum atomic E-state index is 13.1. The third-order valence-electron chi connectivity index (χ3n) is 2.79. The highest BCUT2D eigenvalue weighted by molar-refractivity contribution is 5.35. The Bertz CT molecular complexity index is 329. The van der Waals surface area contributed by atoms with Crippen LogP contribution < -0.4 is 0 Å². The highest BCUT2D eigenvalue weighted by Crippen LogP contribution is 2.36. The lowest BCUT2D eigenvalue weighted by atomic mass is 10.0. The van der Waals surface area contributed by atoms with Crippen molar-refractivity contribution < 1.29 is 9.50 Å². The molecule has 1 aliphatic heterocycles. The van der Waals surface area contributed by atoms with E-state index in [0.717, 1.165) is 5.56 Å². The molecule has 0 spiro atoms. The molecule has 0 aromatic heterocycles. The summed E-state index contributed by atoms with van der Waals surface area (Å²) in [5.74, 6) is 0.262. The molecule has 1 heterocycles. The van der Waals surface area contributed by atoms with Gasteiger partial charge < -0.3 is 5.11 Å². The number of aromatic hydroxyl groups is 1. The van der Waals surface area contributed by atoms with Crippen LogP contribution in [0.15, 0.2) is 24.3 Å². The van der Waals surface area contributed by atoms with Gasteiger partial charge in [0.15, 0.2) is 0 Å². The van der Waals surface area contributed by atoms with E-state index in [2.05, 4.69) is 0 Å². The molecule has 3 heteroatoms. The van der Waals surface area contributed by atoms with Crippen molar-refractivity contribution in [1.82, 2.24) is 4.90 Å². The van der Waals surface area contributed by atoms with E-state index in [1.165, 1.54) is 0 Å². The van der Waals surface area contributed by atoms with Gasteiger partial charge in [0.2, 0.25) is 0 Å². The normalized spacial score (nSPS) is 28.1. The van der Waals surface area contributed by atoms with Crippen molar-refractivity contribution in [3.8, 4) is 5.75 Å². The summed E-state index contributed by atoms with van der Waals surface area (Å²) in [6.45, 7) is 0.457. The maximum Gasteiger partial charge on any atom is 0.120 e. The molecular weight excluding hydrogens is 181 g/mol. The number of phenolic OH excluding ortho intramolecular Hbond substituents is 1. The van der Waals surface area contributed by atoms with E-state index in [4.69, 9.17) is 0 Å². The molecule has 1 N–H and O–H groups in total. The molecular formula is C11H14FNO. The Hall–Kier alpha value is -1.09. The predicted molar refractivity (Wildman–Crippen MR) is 53.0 cm³/mol. The van der Waals surface area contributed by atoms with Crippen LogP contribution in [0, 0.1) is 0 Å². The Morgan fingerprint density at radius 1 is 1.43 bits per heavy atom. The SMILES string of the molecule is CN1CC(F)CC1c1ccccc1O. The molecule has 76 valence electrons. The van der Waals surface area contributed by atoms with Gasteiger partial charge in [0.1, 0.15) is 11.9 Å². The molecule has 0 bridgehead atoms. The van der Waals surface area contributed by atoms with Crippen LogP contribution in [0.2, 0.25) is 0 Å². The molecule has 2 rings (SSSR count). The number of hydrogen-bond acceptors (Lipinski definition) is 2. The molecule has 1 aromatic rings. The van der Waals surface area contributed by atoms with E-state index < -0.39 is 6.17 Å². The third kappa shape index (κ3) is 1.60. The van der Waals surface area contributed by atoms with Gasteiger partial charge in [-0.2, -0.15) is 0 Å². The first-order valence-electron chi connectivity index (χ1n) is 4.80. The summed E-state index contributed by atoms with van der Waals surface area (Å²) in [7, 11) is 1.89. The van der Waals surface area contributed by atoms with E-state index >= 15 is 0 Å². The Balaban J connectivity index is 2.27. The zero-order valence-corrected chi connectivity index (χ0v) is 8.15. The molecule has 1 aromatic carbocycles. The summed E-state index contributed by atoms with van der Waals surface area (Å²) in [5.41, 5.74) is 0.829. The van der Waals surface area contributed by atoms with Crippen molar-refractivity contribution in [3.63, 3.8) is 0 Å². The molecule has 0 amide bonds. The minimum absolute atomic E-state index is 0.0196. The highest BCUT2D eigenvalue weighted by atomic mass is 19.1. The van der Waals surface area contributed by atoms with Crippen molar-refractivity contribution in [3.05, 3.63) is 29.8 Å². The molecule has 0 radical (unpaired) electrons. The minimum atomic E-state index is -0.774. The largest absolute Gasteiger partial charge is 0.508 e. The quantitative estimate of drug-likeness (QED) is 0.741. The first-order valence-corrected chi connectivity index (χ1v) is 4.80. The summed E-state index contributed by atoms with van der Waals surface area (Å²) in [5, 5.41) is 9.63. The van der Waals surface area contributed by atoms with Crippen LogP contribution in [0.5, 0.6) is 5.75 Å². The number of para-hydroxylation sites is 1. The molecule has 0 aliphatic carbocycles. The second kappa shape index (κ2) is 3.58. The van der Waals surface area contributed by atoms with Crippen LogP contribution in [-0.2, 0) is 0 Å². The fraction of sp³-hybridized carbons (Fsp3) is 0.455. The van der Waals surface area contributed by atoms with Crippen molar-refractivity contribution in [2.75, 3.05) is 13.6 Å². The summed E-state index contributed by atoms with van der Waals surface area (Å²) in [6.07, 6.45) is -0.293. The number of likely N-dealkylation sites (tertiary alicyclic amines) is 1. The molecule has 2 unspecified atom stereocenters. The first-order chi connectivity index (χ1) is 6.68. The molecule has 2 atom stereocenters. The second-order valence-corrected chi connectivity index (χ2v) is 3.85. The van der Waals surface area contributed by atoms with Crippen LogP contribution in [0.25, 0.3) is 0 Å². The minimum Gasteiger partial charge on any atom is -0.508 e. The molecule has 1 fully saturated rings. The number of hydrogen-bond donors (Lipinski definition) is 1. The lowest BCUT2D eigenvalue weighted by molar-refractivity contribution is 0.293. The number of alkyl halides is 1. The van der Waals surface area contributed by atoms with Gasteiger partial charge in [-0.15, -0.1) is 0 Å². The van der Waals surface area contributed by atoms with Gasteiger partial charge in [0.25, 0.3) is 0 Å². The predicted octanol–water partition coefficient (Wildman–Crippen LogP) is 2.11. The van der Waals surface area contributed by atoms with Crippen LogP contribution in [0.1, 0.15) is 18.0 Å². The topological polar surface area (TPSA) is 23.5 Å². The van der Waals surface area contributed by atoms with Crippen LogP contribution >= 0.6 is 0 Å². The first kappa shape index (κ1) is 9.46. The van der Waals surface area contributed by atoms with Gasteiger partial charge in [-0.25, -0.2) is 4.39 Å². The van der Waals surface area contributed by atoms with Gasteiger partial charge >= 0.3 is 0 Å². The van der Waals surface area contributed by atoms with Gasteiger partial charge in [-0.3, -0.25) is 4.90 Å². The Morgan fingerprint density at radius 2 is 2.14 bits per heavy atom. The molecule has 1 aliphatic rings. The summed E-state index contributed by atoms with van der Waals surface area (Å²) >= 11 is 0. The van der Waals surface area contributed by atoms with Crippen LogP contribution in [-0.4, -0.2) is 29.8 Å². The lowest BCUT2D eigenvalue weighted by Crippen LogP contribution is -2.18. The average Bonchev–Trinajstić information content (AvgIpc) is 2.46. The van der Waals surface area contributed by atoms with Crippen molar-refractivity contribution in [2.24, 2.45) is 0 Å². The number of benzene rings is 1. The van der Waals surface area contributed by atoms with Crippen LogP contribution in [0.3, 0.4) is 0 Å². The van der Waals surface area contributed by atoms with Gasteiger partial charge in [-0.05, 0) is 19.5 Å². The number of nitrogens with zero attached hydrogens (tertiary/aromatic N) is 1. The molecule has 14 heavy (non-hydrogen) atoms. The Labute approximate surface area is 83.0 Å². The molecule has 0 saturated carbocycles. The monoisotopic (exact) mass is 195 g/mol. The van der Waals surface area contributed by atoms with E-state index in [-0.39, 0.29) is 11.8 Å². The van der Waals surface area contributed by atoms with E-state index in [0.29, 0.717) is 13.0 Å². The van der Waals surface area contributed by atoms with Gasteiger partial charge in [0.05, 0.1) is 0 Å². The fourth-order valence-electron chi connectivity index (χ4n) is 2.07. The van der Waals surface area contributed by atoms with E-state index in [1.54, 1.807) is 12.1 Å². The van der Waals surface area contributed by atoms with Gasteiger partial charge in [-0.1, -0.05) is 18.2 Å². The smallest absolute Gasteiger partial charge is 0.120 e. The average molecular weight is 195 g/mol. The van der Waals surface area contributed by atoms with Crippen molar-refractivity contribution >= 4 is 0 Å². The van der Waals surface area contributed by atoms with E-state index in [9.17, 15) is 9.50 Å². The molecule has 2 nitrogen and oxygen atoms in total. The number of halogens is 1. The third-order valence-corrected chi connectivity index (χ3v) is 2.79. The van der Waals surface area contributed by atoms with Crippen molar-refractivity contribution in [1.29, 1.82) is 0 Å². The summed E-state index contributed by atoms with van der Waals surface area (Å²) < 4.78 is 13.1. The molecule has 1 saturated heterocycles. The van der Waals surface area contributed by atoms with E-state index in [1.807, 2.05) is 24.1 Å². The van der Waals surface area contributed by atoms with Crippen molar-refractivity contribution in [2.45, 2.75) is 18.6 Å². The zero-order valence-electron chi connectivity index (χ0n) is 8.15.